The van der Waals surface area contributed by atoms with E-state index in [1.807, 2.05) is 0 Å². The summed E-state index contributed by atoms with van der Waals surface area (Å²) in [6.07, 6.45) is 2.78. The fourth-order valence-corrected chi connectivity index (χ4v) is 0.625. The predicted molar refractivity (Wildman–Crippen MR) is 28.0 cm³/mol. The quantitative estimate of drug-likeness (QED) is 0.538. The van der Waals surface area contributed by atoms with Crippen molar-refractivity contribution in [2.45, 2.75) is 12.8 Å². The number of halogens is 1. The van der Waals surface area contributed by atoms with Gasteiger partial charge in [-0.3, -0.25) is 0 Å². The molecule has 1 N–H and O–H groups in total. The Morgan fingerprint density at radius 2 is 1.57 bits per heavy atom. The van der Waals surface area contributed by atoms with Crippen molar-refractivity contribution in [3.05, 3.63) is 0 Å². The molecule has 1 aliphatic rings. The number of hydrogen-bond donors (Lipinski definition) is 1. The maximum absolute atomic E-state index is 4.76. The minimum atomic E-state index is 0.847. The summed E-state index contributed by atoms with van der Waals surface area (Å²) in [5.41, 5.74) is 0. The molecule has 0 unspecified atom stereocenters. The van der Waals surface area contributed by atoms with E-state index in [0.717, 1.165) is 17.3 Å². The van der Waals surface area contributed by atoms with Crippen LogP contribution >= 0.6 is 9.69 Å². The van der Waals surface area contributed by atoms with Gasteiger partial charge in [0.05, 0.1) is 0 Å². The Morgan fingerprint density at radius 3 is 1.71 bits per heavy atom. The standard InChI is InChI=1S/C4H9N.ClH.Zn/c1-2-4-5-3-1;;/h5H,1-4H2;1H;/q;;+1/p-1. The summed E-state index contributed by atoms with van der Waals surface area (Å²) >= 11 is 0.847. The molecule has 1 rings (SSSR count). The first-order chi connectivity index (χ1) is 3.50. The molecular weight excluding hydrogens is 163 g/mol. The zero-order valence-corrected chi connectivity index (χ0v) is 8.14. The van der Waals surface area contributed by atoms with Gasteiger partial charge in [0.1, 0.15) is 0 Å². The Kier molecular flexibility index (Phi) is 7.73. The van der Waals surface area contributed by atoms with Crippen LogP contribution in [0.5, 0.6) is 0 Å². The molecule has 0 aromatic carbocycles. The molecule has 0 aliphatic carbocycles. The van der Waals surface area contributed by atoms with Gasteiger partial charge in [-0.15, -0.1) is 0 Å². The van der Waals surface area contributed by atoms with Crippen LogP contribution in [0.25, 0.3) is 0 Å². The van der Waals surface area contributed by atoms with Crippen molar-refractivity contribution in [3.63, 3.8) is 0 Å². The minimum absolute atomic E-state index is 0.847. The van der Waals surface area contributed by atoms with Gasteiger partial charge in [0.25, 0.3) is 0 Å². The third kappa shape index (κ3) is 4.73. The van der Waals surface area contributed by atoms with Crippen molar-refractivity contribution in [1.82, 2.24) is 5.32 Å². The Labute approximate surface area is 58.5 Å². The van der Waals surface area contributed by atoms with Gasteiger partial charge in [-0.1, -0.05) is 0 Å². The van der Waals surface area contributed by atoms with Gasteiger partial charge in [0, 0.05) is 0 Å². The van der Waals surface area contributed by atoms with Crippen molar-refractivity contribution in [1.29, 1.82) is 0 Å². The number of hydrogen-bond acceptors (Lipinski definition) is 1. The van der Waals surface area contributed by atoms with E-state index in [4.69, 9.17) is 9.69 Å². The second-order valence-corrected chi connectivity index (χ2v) is 1.46. The summed E-state index contributed by atoms with van der Waals surface area (Å²) in [6.45, 7) is 2.50. The predicted octanol–water partition coefficient (Wildman–Crippen LogP) is 1.06. The Bertz CT molecular complexity index is 23.3. The summed E-state index contributed by atoms with van der Waals surface area (Å²) in [4.78, 5) is 0. The van der Waals surface area contributed by atoms with E-state index in [1.54, 1.807) is 0 Å². The second-order valence-electron chi connectivity index (χ2n) is 1.46. The summed E-state index contributed by atoms with van der Waals surface area (Å²) < 4.78 is 0. The molecule has 0 bridgehead atoms. The first-order valence-electron chi connectivity index (χ1n) is 2.47. The molecule has 1 heterocycles. The van der Waals surface area contributed by atoms with E-state index >= 15 is 0 Å². The molecule has 0 atom stereocenters. The zero-order chi connectivity index (χ0) is 5.54. The zero-order valence-electron chi connectivity index (χ0n) is 4.41. The Hall–Kier alpha value is 0.873. The molecule has 0 spiro atoms. The molecule has 0 radical (unpaired) electrons. The van der Waals surface area contributed by atoms with Gasteiger partial charge in [-0.05, 0) is 25.9 Å². The third-order valence-electron chi connectivity index (χ3n) is 0.957. The van der Waals surface area contributed by atoms with Crippen molar-refractivity contribution in [2.24, 2.45) is 0 Å². The summed E-state index contributed by atoms with van der Waals surface area (Å²) in [7, 11) is 4.76. The van der Waals surface area contributed by atoms with E-state index in [0.29, 0.717) is 0 Å². The normalized spacial score (nSPS) is 18.1. The maximum atomic E-state index is 4.76. The fraction of sp³-hybridized carbons (Fsp3) is 1.00. The number of nitrogens with one attached hydrogen (secondary N) is 1. The SMILES string of the molecule is C1CCNC1.[Cl][Zn]. The van der Waals surface area contributed by atoms with Crippen LogP contribution in [-0.2, 0) is 17.3 Å². The van der Waals surface area contributed by atoms with Crippen LogP contribution in [0.3, 0.4) is 0 Å². The monoisotopic (exact) mass is 170 g/mol. The second kappa shape index (κ2) is 6.87. The Morgan fingerprint density at radius 1 is 1.14 bits per heavy atom. The van der Waals surface area contributed by atoms with Crippen molar-refractivity contribution in [2.75, 3.05) is 13.1 Å². The van der Waals surface area contributed by atoms with Gasteiger partial charge in [-0.25, -0.2) is 0 Å². The molecule has 3 heteroatoms. The van der Waals surface area contributed by atoms with Crippen LogP contribution in [0.1, 0.15) is 12.8 Å². The Balaban J connectivity index is 0.000000162. The van der Waals surface area contributed by atoms with Gasteiger partial charge < -0.3 is 5.32 Å². The van der Waals surface area contributed by atoms with Crippen LogP contribution in [0.4, 0.5) is 0 Å². The molecule has 1 saturated heterocycles. The van der Waals surface area contributed by atoms with Crippen LogP contribution < -0.4 is 5.32 Å². The number of rotatable bonds is 0. The first-order valence-corrected chi connectivity index (χ1v) is 6.37. The van der Waals surface area contributed by atoms with E-state index in [9.17, 15) is 0 Å². The molecule has 39 valence electrons. The molecule has 0 aromatic heterocycles. The third-order valence-corrected chi connectivity index (χ3v) is 0.957. The first kappa shape index (κ1) is 7.87. The molecule has 1 fully saturated rings. The molecule has 1 nitrogen and oxygen atoms in total. The van der Waals surface area contributed by atoms with Crippen molar-refractivity contribution in [3.8, 4) is 0 Å². The fourth-order valence-electron chi connectivity index (χ4n) is 0.625. The van der Waals surface area contributed by atoms with Gasteiger partial charge in [0.2, 0.25) is 0 Å². The van der Waals surface area contributed by atoms with Crippen molar-refractivity contribution < 1.29 is 17.3 Å². The average molecular weight is 172 g/mol. The summed E-state index contributed by atoms with van der Waals surface area (Å²) in [6, 6.07) is 0. The van der Waals surface area contributed by atoms with Crippen LogP contribution in [0, 0.1) is 0 Å². The molecule has 0 aromatic rings. The summed E-state index contributed by atoms with van der Waals surface area (Å²) in [5.74, 6) is 0. The topological polar surface area (TPSA) is 12.0 Å². The molecular formula is C4H9ClNZn. The molecule has 1 aliphatic heterocycles. The van der Waals surface area contributed by atoms with E-state index in [1.165, 1.54) is 25.9 Å². The molecule has 0 amide bonds. The molecule has 7 heavy (non-hydrogen) atoms. The van der Waals surface area contributed by atoms with Gasteiger partial charge in [0.15, 0.2) is 0 Å². The summed E-state index contributed by atoms with van der Waals surface area (Å²) in [5, 5.41) is 3.22. The molecule has 0 saturated carbocycles. The van der Waals surface area contributed by atoms with Crippen LogP contribution in [0.2, 0.25) is 0 Å². The van der Waals surface area contributed by atoms with E-state index < -0.39 is 0 Å². The van der Waals surface area contributed by atoms with E-state index in [2.05, 4.69) is 5.32 Å². The van der Waals surface area contributed by atoms with E-state index in [-0.39, 0.29) is 0 Å². The van der Waals surface area contributed by atoms with Crippen molar-refractivity contribution >= 4 is 9.69 Å². The van der Waals surface area contributed by atoms with Crippen LogP contribution in [0.15, 0.2) is 0 Å². The van der Waals surface area contributed by atoms with Gasteiger partial charge >= 0.3 is 27.0 Å². The van der Waals surface area contributed by atoms with Gasteiger partial charge in [-0.2, -0.15) is 0 Å². The average Bonchev–Trinajstić information content (AvgIpc) is 2.23. The van der Waals surface area contributed by atoms with Crippen LogP contribution in [-0.4, -0.2) is 13.1 Å².